The van der Waals surface area contributed by atoms with E-state index >= 15 is 0 Å². The van der Waals surface area contributed by atoms with Crippen molar-refractivity contribution in [1.82, 2.24) is 4.90 Å². The molecule has 0 aromatic heterocycles. The van der Waals surface area contributed by atoms with E-state index in [0.29, 0.717) is 23.4 Å². The summed E-state index contributed by atoms with van der Waals surface area (Å²) in [4.78, 5) is 41.3. The molecule has 7 nitrogen and oxygen atoms in total. The van der Waals surface area contributed by atoms with E-state index in [9.17, 15) is 14.4 Å². The van der Waals surface area contributed by atoms with Gasteiger partial charge in [0, 0.05) is 47.8 Å². The fraction of sp³-hybridized carbons (Fsp3) is 0.250. The van der Waals surface area contributed by atoms with E-state index in [1.165, 1.54) is 0 Å². The van der Waals surface area contributed by atoms with Crippen LogP contribution in [-0.4, -0.2) is 48.8 Å². The van der Waals surface area contributed by atoms with Crippen molar-refractivity contribution in [3.63, 3.8) is 0 Å². The van der Waals surface area contributed by atoms with Gasteiger partial charge in [-0.2, -0.15) is 0 Å². The first-order chi connectivity index (χ1) is 17.0. The molecule has 0 bridgehead atoms. The first-order valence-corrected chi connectivity index (χ1v) is 11.9. The SMILES string of the molecule is CCN(C(=O)c1ccc(NC(=O)CNc2ccc(C(=O)N3CCCC3)cc2)cc1)c1ccccc1. The van der Waals surface area contributed by atoms with E-state index in [1.807, 2.05) is 54.3 Å². The zero-order valence-electron chi connectivity index (χ0n) is 19.9. The van der Waals surface area contributed by atoms with Gasteiger partial charge in [-0.05, 0) is 80.4 Å². The van der Waals surface area contributed by atoms with Crippen molar-refractivity contribution in [2.75, 3.05) is 41.7 Å². The Morgan fingerprint density at radius 2 is 1.40 bits per heavy atom. The Hall–Kier alpha value is -4.13. The zero-order valence-corrected chi connectivity index (χ0v) is 19.9. The lowest BCUT2D eigenvalue weighted by atomic mass is 10.1. The molecule has 3 aromatic rings. The molecule has 0 atom stereocenters. The molecule has 0 saturated carbocycles. The molecule has 2 N–H and O–H groups in total. The number of likely N-dealkylation sites (tertiary alicyclic amines) is 1. The molecule has 0 spiro atoms. The van der Waals surface area contributed by atoms with Crippen LogP contribution in [0.15, 0.2) is 78.9 Å². The largest absolute Gasteiger partial charge is 0.376 e. The minimum absolute atomic E-state index is 0.0551. The minimum atomic E-state index is -0.208. The smallest absolute Gasteiger partial charge is 0.258 e. The molecule has 1 aliphatic rings. The highest BCUT2D eigenvalue weighted by atomic mass is 16.2. The molecule has 35 heavy (non-hydrogen) atoms. The van der Waals surface area contributed by atoms with Crippen LogP contribution in [0.25, 0.3) is 0 Å². The summed E-state index contributed by atoms with van der Waals surface area (Å²) in [5.41, 5.74) is 3.43. The quantitative estimate of drug-likeness (QED) is 0.503. The number of nitrogens with zero attached hydrogens (tertiary/aromatic N) is 2. The van der Waals surface area contributed by atoms with Gasteiger partial charge in [-0.3, -0.25) is 14.4 Å². The maximum Gasteiger partial charge on any atom is 0.258 e. The third-order valence-electron chi connectivity index (χ3n) is 6.02. The van der Waals surface area contributed by atoms with Crippen LogP contribution >= 0.6 is 0 Å². The summed E-state index contributed by atoms with van der Waals surface area (Å²) in [5.74, 6) is -0.245. The first kappa shape index (κ1) is 24.0. The minimum Gasteiger partial charge on any atom is -0.376 e. The molecule has 1 fully saturated rings. The second-order valence-corrected chi connectivity index (χ2v) is 8.44. The second-order valence-electron chi connectivity index (χ2n) is 8.44. The predicted molar refractivity (Wildman–Crippen MR) is 139 cm³/mol. The Kier molecular flexibility index (Phi) is 7.77. The Bertz CT molecular complexity index is 1160. The third-order valence-corrected chi connectivity index (χ3v) is 6.02. The number of carbonyl (C=O) groups is 3. The summed E-state index contributed by atoms with van der Waals surface area (Å²) >= 11 is 0. The van der Waals surface area contributed by atoms with Crippen molar-refractivity contribution in [1.29, 1.82) is 0 Å². The van der Waals surface area contributed by atoms with E-state index in [4.69, 9.17) is 0 Å². The van der Waals surface area contributed by atoms with Crippen molar-refractivity contribution in [2.45, 2.75) is 19.8 Å². The van der Waals surface area contributed by atoms with Crippen molar-refractivity contribution in [3.05, 3.63) is 90.0 Å². The number of nitrogens with one attached hydrogen (secondary N) is 2. The van der Waals surface area contributed by atoms with Gasteiger partial charge in [0.05, 0.1) is 6.54 Å². The van der Waals surface area contributed by atoms with Gasteiger partial charge in [0.2, 0.25) is 5.91 Å². The molecule has 1 heterocycles. The Labute approximate surface area is 205 Å². The highest BCUT2D eigenvalue weighted by Crippen LogP contribution is 2.19. The second kappa shape index (κ2) is 11.3. The molecule has 0 unspecified atom stereocenters. The molecule has 4 rings (SSSR count). The lowest BCUT2D eigenvalue weighted by Crippen LogP contribution is -2.30. The molecular weight excluding hydrogens is 440 g/mol. The maximum atomic E-state index is 12.9. The number of rotatable bonds is 8. The Morgan fingerprint density at radius 1 is 0.800 bits per heavy atom. The third kappa shape index (κ3) is 6.06. The molecule has 0 radical (unpaired) electrons. The molecule has 0 aliphatic carbocycles. The van der Waals surface area contributed by atoms with Crippen molar-refractivity contribution >= 4 is 34.8 Å². The summed E-state index contributed by atoms with van der Waals surface area (Å²) in [5, 5.41) is 5.91. The van der Waals surface area contributed by atoms with Crippen LogP contribution in [0, 0.1) is 0 Å². The fourth-order valence-electron chi connectivity index (χ4n) is 4.12. The van der Waals surface area contributed by atoms with Gasteiger partial charge >= 0.3 is 0 Å². The number of carbonyl (C=O) groups excluding carboxylic acids is 3. The number of amides is 3. The number of para-hydroxylation sites is 1. The highest BCUT2D eigenvalue weighted by Gasteiger charge is 2.19. The average Bonchev–Trinajstić information content (AvgIpc) is 3.44. The lowest BCUT2D eigenvalue weighted by molar-refractivity contribution is -0.114. The van der Waals surface area contributed by atoms with Gasteiger partial charge in [-0.15, -0.1) is 0 Å². The predicted octanol–water partition coefficient (Wildman–Crippen LogP) is 4.64. The average molecular weight is 471 g/mol. The molecule has 3 amide bonds. The summed E-state index contributed by atoms with van der Waals surface area (Å²) < 4.78 is 0. The van der Waals surface area contributed by atoms with Crippen LogP contribution in [-0.2, 0) is 4.79 Å². The van der Waals surface area contributed by atoms with E-state index < -0.39 is 0 Å². The first-order valence-electron chi connectivity index (χ1n) is 11.9. The summed E-state index contributed by atoms with van der Waals surface area (Å²) in [7, 11) is 0. The van der Waals surface area contributed by atoms with Gasteiger partial charge in [-0.1, -0.05) is 18.2 Å². The zero-order chi connectivity index (χ0) is 24.6. The maximum absolute atomic E-state index is 12.9. The van der Waals surface area contributed by atoms with Crippen LogP contribution in [0.2, 0.25) is 0 Å². The van der Waals surface area contributed by atoms with E-state index in [0.717, 1.165) is 37.3 Å². The van der Waals surface area contributed by atoms with Crippen molar-refractivity contribution in [2.24, 2.45) is 0 Å². The molecule has 1 saturated heterocycles. The van der Waals surface area contributed by atoms with Crippen LogP contribution in [0.1, 0.15) is 40.5 Å². The molecule has 3 aromatic carbocycles. The van der Waals surface area contributed by atoms with Crippen LogP contribution < -0.4 is 15.5 Å². The number of hydrogen-bond donors (Lipinski definition) is 2. The van der Waals surface area contributed by atoms with Gasteiger partial charge in [0.25, 0.3) is 11.8 Å². The molecule has 1 aliphatic heterocycles. The Morgan fingerprint density at radius 3 is 2.03 bits per heavy atom. The normalized spacial score (nSPS) is 12.8. The number of anilines is 3. The van der Waals surface area contributed by atoms with Crippen molar-refractivity contribution in [3.8, 4) is 0 Å². The standard InChI is InChI=1S/C28H30N4O3/c1-2-32(25-8-4-3-5-9-25)28(35)22-12-16-24(17-13-22)30-26(33)20-29-23-14-10-21(11-15-23)27(34)31-18-6-7-19-31/h3-5,8-17,29H,2,6-7,18-20H2,1H3,(H,30,33). The van der Waals surface area contributed by atoms with E-state index in [2.05, 4.69) is 10.6 Å². The van der Waals surface area contributed by atoms with E-state index in [1.54, 1.807) is 41.3 Å². The van der Waals surface area contributed by atoms with Crippen molar-refractivity contribution < 1.29 is 14.4 Å². The van der Waals surface area contributed by atoms with E-state index in [-0.39, 0.29) is 24.3 Å². The lowest BCUT2D eigenvalue weighted by Gasteiger charge is -2.21. The molecular formula is C28H30N4O3. The molecule has 7 heteroatoms. The van der Waals surface area contributed by atoms with Crippen LogP contribution in [0.3, 0.4) is 0 Å². The summed E-state index contributed by atoms with van der Waals surface area (Å²) in [6, 6.07) is 23.6. The van der Waals surface area contributed by atoms with Crippen LogP contribution in [0.4, 0.5) is 17.1 Å². The monoisotopic (exact) mass is 470 g/mol. The van der Waals surface area contributed by atoms with Gasteiger partial charge in [-0.25, -0.2) is 0 Å². The topological polar surface area (TPSA) is 81.8 Å². The highest BCUT2D eigenvalue weighted by molar-refractivity contribution is 6.06. The Balaban J connectivity index is 1.28. The number of benzene rings is 3. The van der Waals surface area contributed by atoms with Crippen LogP contribution in [0.5, 0.6) is 0 Å². The number of hydrogen-bond acceptors (Lipinski definition) is 4. The summed E-state index contributed by atoms with van der Waals surface area (Å²) in [6.07, 6.45) is 2.12. The van der Waals surface area contributed by atoms with Gasteiger partial charge in [0.15, 0.2) is 0 Å². The van der Waals surface area contributed by atoms with Gasteiger partial charge < -0.3 is 20.4 Å². The van der Waals surface area contributed by atoms with Gasteiger partial charge in [0.1, 0.15) is 0 Å². The fourth-order valence-corrected chi connectivity index (χ4v) is 4.12. The summed E-state index contributed by atoms with van der Waals surface area (Å²) in [6.45, 7) is 4.21. The molecule has 180 valence electrons.